The molecule has 2 saturated carbocycles. The van der Waals surface area contributed by atoms with Gasteiger partial charge in [0.25, 0.3) is 5.91 Å². The average molecular weight is 775 g/mol. The molecular formula is C36H42ClF3N8O6. The standard InChI is InChI=1S/C36H42ClF3N8O6/c1-4-34(5-2)18-23(34)19-42-29(51)28(50)41-17-14-26(30(52)53-3)44-27(49)21-6-12-25(13-7-21)43-31-45-32(47-33(46-31)54-20-36(38,39)40)48-35(15-16-35)22-8-10-24(37)11-9-22/h6-13,23,26H,4-5,14-20H2,1-3H3,(H,41,50)(H,42,51)(H,44,49)(H2,43,45,46,47,48)/t23?,26-/m0/s1. The van der Waals surface area contributed by atoms with Crippen LogP contribution in [0.4, 0.5) is 30.8 Å². The van der Waals surface area contributed by atoms with E-state index >= 15 is 0 Å². The van der Waals surface area contributed by atoms with Crippen LogP contribution in [0.5, 0.6) is 6.01 Å². The van der Waals surface area contributed by atoms with Gasteiger partial charge in [-0.2, -0.15) is 28.1 Å². The molecular weight excluding hydrogens is 733 g/mol. The topological polar surface area (TPSA) is 186 Å². The van der Waals surface area contributed by atoms with Crippen LogP contribution in [0.3, 0.4) is 0 Å². The Balaban J connectivity index is 1.18. The lowest BCUT2D eigenvalue weighted by molar-refractivity contribution is -0.154. The number of hydrogen-bond acceptors (Lipinski definition) is 11. The first kappa shape index (κ1) is 40.0. The number of esters is 1. The zero-order valence-electron chi connectivity index (χ0n) is 29.9. The molecule has 0 radical (unpaired) electrons. The number of anilines is 3. The molecule has 5 rings (SSSR count). The summed E-state index contributed by atoms with van der Waals surface area (Å²) in [5.41, 5.74) is 1.09. The molecule has 1 aromatic heterocycles. The molecule has 290 valence electrons. The summed E-state index contributed by atoms with van der Waals surface area (Å²) in [4.78, 5) is 62.5. The Labute approximate surface area is 314 Å². The van der Waals surface area contributed by atoms with Crippen molar-refractivity contribution < 1.29 is 41.8 Å². The Hall–Kier alpha value is -5.19. The van der Waals surface area contributed by atoms with Crippen LogP contribution in [0, 0.1) is 11.3 Å². The van der Waals surface area contributed by atoms with E-state index in [0.717, 1.165) is 31.9 Å². The summed E-state index contributed by atoms with van der Waals surface area (Å²) in [7, 11) is 1.16. The van der Waals surface area contributed by atoms with Gasteiger partial charge in [0.05, 0.1) is 12.6 Å². The van der Waals surface area contributed by atoms with Crippen molar-refractivity contribution in [1.82, 2.24) is 30.9 Å². The van der Waals surface area contributed by atoms with E-state index < -0.39 is 54.1 Å². The Kier molecular flexibility index (Phi) is 12.5. The highest BCUT2D eigenvalue weighted by atomic mass is 35.5. The smallest absolute Gasteiger partial charge is 0.422 e. The second-order valence-electron chi connectivity index (χ2n) is 13.4. The highest BCUT2D eigenvalue weighted by molar-refractivity contribution is 6.35. The zero-order valence-corrected chi connectivity index (χ0v) is 30.7. The molecule has 0 saturated heterocycles. The summed E-state index contributed by atoms with van der Waals surface area (Å²) >= 11 is 6.03. The first-order chi connectivity index (χ1) is 25.7. The first-order valence-corrected chi connectivity index (χ1v) is 17.9. The molecule has 54 heavy (non-hydrogen) atoms. The Morgan fingerprint density at radius 1 is 0.926 bits per heavy atom. The van der Waals surface area contributed by atoms with Gasteiger partial charge in [0.2, 0.25) is 11.9 Å². The van der Waals surface area contributed by atoms with Gasteiger partial charge in [-0.1, -0.05) is 50.4 Å². The van der Waals surface area contributed by atoms with E-state index in [0.29, 0.717) is 36.0 Å². The van der Waals surface area contributed by atoms with Crippen molar-refractivity contribution in [3.63, 3.8) is 0 Å². The summed E-state index contributed by atoms with van der Waals surface area (Å²) in [6.45, 7) is 2.94. The number of nitrogens with zero attached hydrogens (tertiary/aromatic N) is 3. The molecule has 5 N–H and O–H groups in total. The van der Waals surface area contributed by atoms with E-state index in [9.17, 15) is 32.3 Å². The summed E-state index contributed by atoms with van der Waals surface area (Å²) < 4.78 is 48.5. The lowest BCUT2D eigenvalue weighted by Gasteiger charge is -2.19. The Morgan fingerprint density at radius 3 is 2.17 bits per heavy atom. The van der Waals surface area contributed by atoms with Crippen molar-refractivity contribution in [2.45, 2.75) is 70.1 Å². The molecule has 2 atom stereocenters. The number of carbonyl (C=O) groups excluding carboxylic acids is 4. The van der Waals surface area contributed by atoms with Crippen molar-refractivity contribution in [2.24, 2.45) is 11.3 Å². The number of hydrogen-bond donors (Lipinski definition) is 5. The van der Waals surface area contributed by atoms with Crippen LogP contribution in [0.2, 0.25) is 5.02 Å². The Bertz CT molecular complexity index is 1820. The minimum atomic E-state index is -4.63. The third kappa shape index (κ3) is 10.5. The van der Waals surface area contributed by atoms with Gasteiger partial charge < -0.3 is 36.1 Å². The molecule has 14 nitrogen and oxygen atoms in total. The van der Waals surface area contributed by atoms with Crippen molar-refractivity contribution in [2.75, 3.05) is 37.4 Å². The van der Waals surface area contributed by atoms with Crippen LogP contribution in [0.15, 0.2) is 48.5 Å². The molecule has 1 heterocycles. The second kappa shape index (κ2) is 16.9. The van der Waals surface area contributed by atoms with E-state index in [1.165, 1.54) is 24.3 Å². The number of benzene rings is 2. The van der Waals surface area contributed by atoms with E-state index in [1.54, 1.807) is 12.1 Å². The minimum absolute atomic E-state index is 0.0212. The van der Waals surface area contributed by atoms with Gasteiger partial charge >= 0.3 is 30.0 Å². The van der Waals surface area contributed by atoms with Gasteiger partial charge in [-0.15, -0.1) is 0 Å². The maximum Gasteiger partial charge on any atom is 0.422 e. The van der Waals surface area contributed by atoms with E-state index in [2.05, 4.69) is 55.4 Å². The minimum Gasteiger partial charge on any atom is -0.467 e. The number of carbonyl (C=O) groups is 4. The number of methoxy groups -OCH3 is 1. The summed E-state index contributed by atoms with van der Waals surface area (Å²) in [5, 5.41) is 14.3. The van der Waals surface area contributed by atoms with Crippen LogP contribution in [-0.2, 0) is 24.7 Å². The summed E-state index contributed by atoms with van der Waals surface area (Å²) in [6.07, 6.45) is -0.217. The number of alkyl halides is 3. The van der Waals surface area contributed by atoms with Gasteiger partial charge in [-0.05, 0) is 79.0 Å². The molecule has 0 aliphatic heterocycles. The third-order valence-corrected chi connectivity index (χ3v) is 10.1. The molecule has 18 heteroatoms. The van der Waals surface area contributed by atoms with E-state index in [1.807, 2.05) is 12.1 Å². The van der Waals surface area contributed by atoms with Crippen LogP contribution in [0.25, 0.3) is 0 Å². The number of nitrogens with one attached hydrogen (secondary N) is 5. The molecule has 2 fully saturated rings. The molecule has 3 aromatic rings. The lowest BCUT2D eigenvalue weighted by Crippen LogP contribution is -2.46. The van der Waals surface area contributed by atoms with Crippen molar-refractivity contribution in [1.29, 1.82) is 0 Å². The zero-order chi connectivity index (χ0) is 39.1. The van der Waals surface area contributed by atoms with Crippen LogP contribution < -0.4 is 31.3 Å². The molecule has 1 unspecified atom stereocenters. The highest BCUT2D eigenvalue weighted by Crippen LogP contribution is 2.57. The molecule has 2 aliphatic rings. The van der Waals surface area contributed by atoms with E-state index in [-0.39, 0.29) is 35.8 Å². The van der Waals surface area contributed by atoms with Gasteiger partial charge in [-0.25, -0.2) is 4.79 Å². The van der Waals surface area contributed by atoms with Crippen LogP contribution in [-0.4, -0.2) is 77.7 Å². The molecule has 0 spiro atoms. The van der Waals surface area contributed by atoms with E-state index in [4.69, 9.17) is 21.1 Å². The predicted molar refractivity (Wildman–Crippen MR) is 192 cm³/mol. The molecule has 0 bridgehead atoms. The van der Waals surface area contributed by atoms with Gasteiger partial charge in [0.15, 0.2) is 6.61 Å². The van der Waals surface area contributed by atoms with Crippen LogP contribution >= 0.6 is 11.6 Å². The lowest BCUT2D eigenvalue weighted by atomic mass is 9.97. The predicted octanol–water partition coefficient (Wildman–Crippen LogP) is 5.03. The number of ether oxygens (including phenoxy) is 2. The van der Waals surface area contributed by atoms with Gasteiger partial charge in [0.1, 0.15) is 6.04 Å². The maximum atomic E-state index is 13.1. The fourth-order valence-corrected chi connectivity index (χ4v) is 6.41. The molecule has 2 aromatic carbocycles. The number of amides is 3. The third-order valence-electron chi connectivity index (χ3n) is 9.87. The van der Waals surface area contributed by atoms with Crippen molar-refractivity contribution >= 4 is 52.9 Å². The van der Waals surface area contributed by atoms with Crippen molar-refractivity contribution in [3.8, 4) is 6.01 Å². The normalized spacial score (nSPS) is 17.0. The fourth-order valence-electron chi connectivity index (χ4n) is 6.28. The quantitative estimate of drug-likeness (QED) is 0.0916. The highest BCUT2D eigenvalue weighted by Gasteiger charge is 2.50. The van der Waals surface area contributed by atoms with Crippen molar-refractivity contribution in [3.05, 3.63) is 64.7 Å². The average Bonchev–Trinajstić information content (AvgIpc) is 4.08. The number of aromatic nitrogens is 3. The largest absolute Gasteiger partial charge is 0.467 e. The maximum absolute atomic E-state index is 13.1. The van der Waals surface area contributed by atoms with Gasteiger partial charge in [-0.3, -0.25) is 14.4 Å². The molecule has 2 aliphatic carbocycles. The summed E-state index contributed by atoms with van der Waals surface area (Å²) in [6, 6.07) is 11.3. The SMILES string of the molecule is CCC1(CC)CC1CNC(=O)C(=O)NCC[C@H](NC(=O)c1ccc(Nc2nc(NC3(c4ccc(Cl)cc4)CC3)nc(OCC(F)(F)F)n2)cc1)C(=O)OC. The number of halogens is 4. The van der Waals surface area contributed by atoms with Crippen LogP contribution in [0.1, 0.15) is 68.3 Å². The Morgan fingerprint density at radius 2 is 1.57 bits per heavy atom. The first-order valence-electron chi connectivity index (χ1n) is 17.5. The second-order valence-corrected chi connectivity index (χ2v) is 13.8. The summed E-state index contributed by atoms with van der Waals surface area (Å²) in [5.74, 6) is -2.81. The fraction of sp³-hybridized carbons (Fsp3) is 0.472. The molecule has 3 amide bonds. The number of rotatable bonds is 17. The monoisotopic (exact) mass is 774 g/mol. The van der Waals surface area contributed by atoms with Gasteiger partial charge in [0, 0.05) is 29.4 Å².